The first-order chi connectivity index (χ1) is 6.11. The predicted octanol–water partition coefficient (Wildman–Crippen LogP) is 0.749. The Labute approximate surface area is 79.5 Å². The Balaban J connectivity index is 1.96. The molecule has 0 saturated carbocycles. The lowest BCUT2D eigenvalue weighted by Gasteiger charge is -2.49. The van der Waals surface area contributed by atoms with Gasteiger partial charge in [0.05, 0.1) is 12.0 Å². The van der Waals surface area contributed by atoms with E-state index in [9.17, 15) is 4.79 Å². The number of amides is 1. The number of carbonyl (C=O) groups excluding carboxylic acids is 1. The van der Waals surface area contributed by atoms with E-state index >= 15 is 0 Å². The molecule has 1 N–H and O–H groups in total. The summed E-state index contributed by atoms with van der Waals surface area (Å²) in [6.07, 6.45) is 3.14. The fourth-order valence-electron chi connectivity index (χ4n) is 2.44. The van der Waals surface area contributed by atoms with Gasteiger partial charge < -0.3 is 5.32 Å². The molecular weight excluding hydrogens is 164 g/mol. The summed E-state index contributed by atoms with van der Waals surface area (Å²) in [4.78, 5) is 13.4. The van der Waals surface area contributed by atoms with Crippen molar-refractivity contribution in [2.75, 3.05) is 13.1 Å². The lowest BCUT2D eigenvalue weighted by atomic mass is 9.79. The molecule has 2 heterocycles. The van der Waals surface area contributed by atoms with Gasteiger partial charge in [-0.05, 0) is 33.2 Å². The van der Waals surface area contributed by atoms with E-state index in [-0.39, 0.29) is 11.4 Å². The average molecular weight is 182 g/mol. The van der Waals surface area contributed by atoms with Gasteiger partial charge in [0.15, 0.2) is 0 Å². The second-order valence-corrected chi connectivity index (χ2v) is 4.67. The first kappa shape index (κ1) is 9.00. The Hall–Kier alpha value is -0.570. The third-order valence-electron chi connectivity index (χ3n) is 3.24. The molecule has 2 saturated heterocycles. The van der Waals surface area contributed by atoms with Crippen LogP contribution in [0.3, 0.4) is 0 Å². The second-order valence-electron chi connectivity index (χ2n) is 4.67. The van der Waals surface area contributed by atoms with Crippen LogP contribution in [-0.2, 0) is 4.79 Å². The van der Waals surface area contributed by atoms with Crippen LogP contribution >= 0.6 is 0 Å². The topological polar surface area (TPSA) is 32.3 Å². The van der Waals surface area contributed by atoms with Gasteiger partial charge in [-0.2, -0.15) is 0 Å². The van der Waals surface area contributed by atoms with Gasteiger partial charge in [0.25, 0.3) is 0 Å². The number of piperidine rings is 1. The van der Waals surface area contributed by atoms with E-state index < -0.39 is 0 Å². The number of nitrogens with one attached hydrogen (secondary N) is 1. The fraction of sp³-hybridized carbons (Fsp3) is 0.900. The number of hydrogen-bond acceptors (Lipinski definition) is 2. The van der Waals surface area contributed by atoms with E-state index in [0.29, 0.717) is 6.04 Å². The van der Waals surface area contributed by atoms with Crippen LogP contribution < -0.4 is 5.32 Å². The first-order valence-electron chi connectivity index (χ1n) is 5.16. The van der Waals surface area contributed by atoms with E-state index in [0.717, 1.165) is 13.0 Å². The van der Waals surface area contributed by atoms with Crippen LogP contribution in [0.15, 0.2) is 0 Å². The molecule has 2 fully saturated rings. The Morgan fingerprint density at radius 1 is 1.54 bits per heavy atom. The molecule has 0 aromatic rings. The molecule has 0 bridgehead atoms. The number of likely N-dealkylation sites (tertiary alicyclic amines) is 1. The molecule has 0 aliphatic carbocycles. The van der Waals surface area contributed by atoms with Crippen LogP contribution in [0.5, 0.6) is 0 Å². The molecule has 3 nitrogen and oxygen atoms in total. The lowest BCUT2D eigenvalue weighted by Crippen LogP contribution is -2.68. The summed E-state index contributed by atoms with van der Waals surface area (Å²) >= 11 is 0. The zero-order valence-corrected chi connectivity index (χ0v) is 8.47. The minimum Gasteiger partial charge on any atom is -0.349 e. The maximum atomic E-state index is 10.9. The largest absolute Gasteiger partial charge is 0.349 e. The van der Waals surface area contributed by atoms with Crippen molar-refractivity contribution >= 4 is 5.91 Å². The Morgan fingerprint density at radius 3 is 2.77 bits per heavy atom. The summed E-state index contributed by atoms with van der Waals surface area (Å²) in [5, 5.41) is 3.06. The molecule has 0 aromatic carbocycles. The highest BCUT2D eigenvalue weighted by Gasteiger charge is 2.45. The zero-order valence-electron chi connectivity index (χ0n) is 8.47. The van der Waals surface area contributed by atoms with Crippen LogP contribution in [0.25, 0.3) is 0 Å². The quantitative estimate of drug-likeness (QED) is 0.607. The van der Waals surface area contributed by atoms with Crippen molar-refractivity contribution in [3.05, 3.63) is 0 Å². The smallest absolute Gasteiger partial charge is 0.222 e. The van der Waals surface area contributed by atoms with E-state index in [1.807, 2.05) is 0 Å². The van der Waals surface area contributed by atoms with E-state index in [1.165, 1.54) is 19.4 Å². The van der Waals surface area contributed by atoms with Crippen molar-refractivity contribution in [3.8, 4) is 0 Å². The van der Waals surface area contributed by atoms with Gasteiger partial charge in [-0.15, -0.1) is 0 Å². The summed E-state index contributed by atoms with van der Waals surface area (Å²) in [6.45, 7) is 6.69. The predicted molar refractivity (Wildman–Crippen MR) is 51.4 cm³/mol. The van der Waals surface area contributed by atoms with Crippen LogP contribution in [0.4, 0.5) is 0 Å². The molecule has 1 atom stereocenters. The SMILES string of the molecule is CC(C)N1CCC[C@]2(CC(=O)N2)C1. The summed E-state index contributed by atoms with van der Waals surface area (Å²) < 4.78 is 0. The highest BCUT2D eigenvalue weighted by atomic mass is 16.2. The summed E-state index contributed by atoms with van der Waals surface area (Å²) in [7, 11) is 0. The van der Waals surface area contributed by atoms with Crippen molar-refractivity contribution in [3.63, 3.8) is 0 Å². The molecule has 3 heteroatoms. The van der Waals surface area contributed by atoms with Gasteiger partial charge in [-0.3, -0.25) is 9.69 Å². The molecule has 0 aromatic heterocycles. The van der Waals surface area contributed by atoms with E-state index in [2.05, 4.69) is 24.1 Å². The summed E-state index contributed by atoms with van der Waals surface area (Å²) in [5.41, 5.74) is 0.152. The van der Waals surface area contributed by atoms with Crippen molar-refractivity contribution in [1.29, 1.82) is 0 Å². The van der Waals surface area contributed by atoms with Crippen molar-refractivity contribution in [2.45, 2.75) is 44.7 Å². The molecule has 1 spiro atoms. The number of hydrogen-bond donors (Lipinski definition) is 1. The molecule has 2 rings (SSSR count). The van der Waals surface area contributed by atoms with Gasteiger partial charge in [0.2, 0.25) is 5.91 Å². The Bertz CT molecular complexity index is 217. The van der Waals surface area contributed by atoms with Gasteiger partial charge in [-0.1, -0.05) is 0 Å². The number of carbonyl (C=O) groups is 1. The first-order valence-corrected chi connectivity index (χ1v) is 5.16. The van der Waals surface area contributed by atoms with Crippen LogP contribution in [0, 0.1) is 0 Å². The zero-order chi connectivity index (χ0) is 9.47. The molecular formula is C10H18N2O. The number of β-lactam (4-membered cyclic amide) rings is 1. The van der Waals surface area contributed by atoms with Crippen molar-refractivity contribution in [2.24, 2.45) is 0 Å². The van der Waals surface area contributed by atoms with Crippen molar-refractivity contribution < 1.29 is 4.79 Å². The maximum Gasteiger partial charge on any atom is 0.222 e. The normalized spacial score (nSPS) is 34.8. The third kappa shape index (κ3) is 1.57. The molecule has 1 amide bonds. The third-order valence-corrected chi connectivity index (χ3v) is 3.24. The highest BCUT2D eigenvalue weighted by Crippen LogP contribution is 2.31. The highest BCUT2D eigenvalue weighted by molar-refractivity contribution is 5.84. The molecule has 74 valence electrons. The Kier molecular flexibility index (Phi) is 2.06. The maximum absolute atomic E-state index is 10.9. The Morgan fingerprint density at radius 2 is 2.23 bits per heavy atom. The minimum atomic E-state index is 0.152. The second kappa shape index (κ2) is 2.98. The summed E-state index contributed by atoms with van der Waals surface area (Å²) in [5.74, 6) is 0.227. The van der Waals surface area contributed by atoms with Gasteiger partial charge >= 0.3 is 0 Å². The van der Waals surface area contributed by atoms with Gasteiger partial charge in [0.1, 0.15) is 0 Å². The van der Waals surface area contributed by atoms with E-state index in [4.69, 9.17) is 0 Å². The minimum absolute atomic E-state index is 0.152. The molecule has 0 radical (unpaired) electrons. The molecule has 0 unspecified atom stereocenters. The van der Waals surface area contributed by atoms with Gasteiger partial charge in [-0.25, -0.2) is 0 Å². The van der Waals surface area contributed by atoms with E-state index in [1.54, 1.807) is 0 Å². The number of nitrogens with zero attached hydrogens (tertiary/aromatic N) is 1. The van der Waals surface area contributed by atoms with Crippen LogP contribution in [-0.4, -0.2) is 35.5 Å². The fourth-order valence-corrected chi connectivity index (χ4v) is 2.44. The summed E-state index contributed by atoms with van der Waals surface area (Å²) in [6, 6.07) is 0.606. The average Bonchev–Trinajstić information content (AvgIpc) is 2.02. The van der Waals surface area contributed by atoms with Crippen LogP contribution in [0.2, 0.25) is 0 Å². The van der Waals surface area contributed by atoms with Crippen molar-refractivity contribution in [1.82, 2.24) is 10.2 Å². The number of rotatable bonds is 1. The lowest BCUT2D eigenvalue weighted by molar-refractivity contribution is -0.135. The molecule has 2 aliphatic heterocycles. The molecule has 2 aliphatic rings. The standard InChI is InChI=1S/C10H18N2O/c1-8(2)12-5-3-4-10(7-12)6-9(13)11-10/h8H,3-7H2,1-2H3,(H,11,13)/t10-/m0/s1. The van der Waals surface area contributed by atoms with Crippen LogP contribution in [0.1, 0.15) is 33.1 Å². The molecule has 13 heavy (non-hydrogen) atoms. The monoisotopic (exact) mass is 182 g/mol. The van der Waals surface area contributed by atoms with Gasteiger partial charge in [0, 0.05) is 12.6 Å².